The maximum atomic E-state index is 13.1. The summed E-state index contributed by atoms with van der Waals surface area (Å²) >= 11 is 0. The van der Waals surface area contributed by atoms with Crippen molar-refractivity contribution in [2.45, 2.75) is 6.92 Å². The zero-order valence-corrected chi connectivity index (χ0v) is 8.67. The Morgan fingerprint density at radius 3 is 2.56 bits per heavy atom. The van der Waals surface area contributed by atoms with Crippen LogP contribution in [0.1, 0.15) is 5.56 Å². The summed E-state index contributed by atoms with van der Waals surface area (Å²) in [6.45, 7) is 1.83. The van der Waals surface area contributed by atoms with Crippen LogP contribution < -0.4 is 5.73 Å². The first-order valence-electron chi connectivity index (χ1n) is 4.76. The summed E-state index contributed by atoms with van der Waals surface area (Å²) in [6.07, 6.45) is 1.59. The summed E-state index contributed by atoms with van der Waals surface area (Å²) in [5, 5.41) is 0. The second kappa shape index (κ2) is 3.89. The van der Waals surface area contributed by atoms with Gasteiger partial charge in [0.15, 0.2) is 11.6 Å². The number of benzene rings is 1. The molecule has 0 amide bonds. The SMILES string of the molecule is Cc1ccnc(-c2ccc(F)c(F)c2)c1N. The van der Waals surface area contributed by atoms with Crippen molar-refractivity contribution in [2.75, 3.05) is 5.73 Å². The van der Waals surface area contributed by atoms with E-state index in [1.807, 2.05) is 6.92 Å². The van der Waals surface area contributed by atoms with E-state index in [2.05, 4.69) is 4.98 Å². The quantitative estimate of drug-likeness (QED) is 0.802. The molecule has 2 rings (SSSR count). The van der Waals surface area contributed by atoms with Gasteiger partial charge in [-0.15, -0.1) is 0 Å². The minimum Gasteiger partial charge on any atom is -0.397 e. The van der Waals surface area contributed by atoms with E-state index in [0.717, 1.165) is 17.7 Å². The molecule has 0 bridgehead atoms. The van der Waals surface area contributed by atoms with E-state index >= 15 is 0 Å². The highest BCUT2D eigenvalue weighted by Crippen LogP contribution is 2.26. The second-order valence-electron chi connectivity index (χ2n) is 3.52. The molecule has 0 radical (unpaired) electrons. The van der Waals surface area contributed by atoms with Gasteiger partial charge in [0.25, 0.3) is 0 Å². The van der Waals surface area contributed by atoms with Crippen LogP contribution in [-0.4, -0.2) is 4.98 Å². The number of rotatable bonds is 1. The largest absolute Gasteiger partial charge is 0.397 e. The van der Waals surface area contributed by atoms with Crippen LogP contribution in [0.15, 0.2) is 30.5 Å². The number of nitrogens with two attached hydrogens (primary N) is 1. The van der Waals surface area contributed by atoms with E-state index in [9.17, 15) is 8.78 Å². The first-order chi connectivity index (χ1) is 7.59. The lowest BCUT2D eigenvalue weighted by atomic mass is 10.1. The number of anilines is 1. The zero-order chi connectivity index (χ0) is 11.7. The molecule has 2 aromatic rings. The van der Waals surface area contributed by atoms with Gasteiger partial charge in [-0.3, -0.25) is 4.98 Å². The Bertz CT molecular complexity index is 539. The molecule has 1 aromatic heterocycles. The minimum absolute atomic E-state index is 0.471. The van der Waals surface area contributed by atoms with E-state index in [0.29, 0.717) is 16.9 Å². The van der Waals surface area contributed by atoms with Crippen molar-refractivity contribution in [1.29, 1.82) is 0 Å². The molecule has 16 heavy (non-hydrogen) atoms. The molecule has 0 aliphatic rings. The fraction of sp³-hybridized carbons (Fsp3) is 0.0833. The molecule has 0 fully saturated rings. The average Bonchev–Trinajstić information content (AvgIpc) is 2.26. The molecule has 4 heteroatoms. The number of halogens is 2. The monoisotopic (exact) mass is 220 g/mol. The lowest BCUT2D eigenvalue weighted by Gasteiger charge is -2.07. The van der Waals surface area contributed by atoms with Crippen LogP contribution in [0.4, 0.5) is 14.5 Å². The standard InChI is InChI=1S/C12H10F2N2/c1-7-4-5-16-12(11(7)15)8-2-3-9(13)10(14)6-8/h2-6H,15H2,1H3. The van der Waals surface area contributed by atoms with Crippen molar-refractivity contribution < 1.29 is 8.78 Å². The summed E-state index contributed by atoms with van der Waals surface area (Å²) in [7, 11) is 0. The van der Waals surface area contributed by atoms with Crippen molar-refractivity contribution >= 4 is 5.69 Å². The van der Waals surface area contributed by atoms with Crippen LogP contribution in [0.3, 0.4) is 0 Å². The Kier molecular flexibility index (Phi) is 2.56. The molecule has 2 N–H and O–H groups in total. The molecular formula is C12H10F2N2. The van der Waals surface area contributed by atoms with Gasteiger partial charge in [0.2, 0.25) is 0 Å². The fourth-order valence-corrected chi connectivity index (χ4v) is 1.44. The highest BCUT2D eigenvalue weighted by atomic mass is 19.2. The van der Waals surface area contributed by atoms with Gasteiger partial charge in [-0.05, 0) is 36.8 Å². The smallest absolute Gasteiger partial charge is 0.159 e. The second-order valence-corrected chi connectivity index (χ2v) is 3.52. The topological polar surface area (TPSA) is 38.9 Å². The van der Waals surface area contributed by atoms with Gasteiger partial charge in [0, 0.05) is 11.8 Å². The highest BCUT2D eigenvalue weighted by molar-refractivity contribution is 5.74. The van der Waals surface area contributed by atoms with Crippen molar-refractivity contribution in [3.8, 4) is 11.3 Å². The minimum atomic E-state index is -0.903. The van der Waals surface area contributed by atoms with Gasteiger partial charge in [0.1, 0.15) is 0 Å². The Labute approximate surface area is 91.7 Å². The Hall–Kier alpha value is -1.97. The van der Waals surface area contributed by atoms with Crippen LogP contribution in [0.5, 0.6) is 0 Å². The predicted molar refractivity (Wildman–Crippen MR) is 58.7 cm³/mol. The number of aryl methyl sites for hydroxylation is 1. The number of pyridine rings is 1. The molecular weight excluding hydrogens is 210 g/mol. The van der Waals surface area contributed by atoms with Crippen LogP contribution >= 0.6 is 0 Å². The van der Waals surface area contributed by atoms with Crippen molar-refractivity contribution in [3.63, 3.8) is 0 Å². The van der Waals surface area contributed by atoms with Gasteiger partial charge in [-0.2, -0.15) is 0 Å². The lowest BCUT2D eigenvalue weighted by Crippen LogP contribution is -1.97. The number of hydrogen-bond donors (Lipinski definition) is 1. The maximum absolute atomic E-state index is 13.1. The zero-order valence-electron chi connectivity index (χ0n) is 8.67. The third-order valence-electron chi connectivity index (χ3n) is 2.40. The van der Waals surface area contributed by atoms with Crippen LogP contribution in [-0.2, 0) is 0 Å². The molecule has 0 aliphatic heterocycles. The number of nitrogens with zero attached hydrogens (tertiary/aromatic N) is 1. The van der Waals surface area contributed by atoms with Gasteiger partial charge in [0.05, 0.1) is 11.4 Å². The molecule has 1 aromatic carbocycles. The molecule has 0 saturated heterocycles. The fourth-order valence-electron chi connectivity index (χ4n) is 1.44. The van der Waals surface area contributed by atoms with E-state index < -0.39 is 11.6 Å². The summed E-state index contributed by atoms with van der Waals surface area (Å²) in [4.78, 5) is 4.07. The normalized spacial score (nSPS) is 10.4. The number of aromatic nitrogens is 1. The molecule has 0 spiro atoms. The van der Waals surface area contributed by atoms with Gasteiger partial charge >= 0.3 is 0 Å². The number of nitrogen functional groups attached to an aromatic ring is 1. The van der Waals surface area contributed by atoms with Gasteiger partial charge in [-0.25, -0.2) is 8.78 Å². The molecule has 82 valence electrons. The van der Waals surface area contributed by atoms with Gasteiger partial charge in [-0.1, -0.05) is 0 Å². The molecule has 0 aliphatic carbocycles. The Balaban J connectivity index is 2.59. The Morgan fingerprint density at radius 2 is 1.88 bits per heavy atom. The number of hydrogen-bond acceptors (Lipinski definition) is 2. The van der Waals surface area contributed by atoms with E-state index in [4.69, 9.17) is 5.73 Å². The first-order valence-corrected chi connectivity index (χ1v) is 4.76. The maximum Gasteiger partial charge on any atom is 0.159 e. The Morgan fingerprint density at radius 1 is 1.12 bits per heavy atom. The van der Waals surface area contributed by atoms with Crippen molar-refractivity contribution in [2.24, 2.45) is 0 Å². The summed E-state index contributed by atoms with van der Waals surface area (Å²) in [5.41, 5.74) is 8.10. The van der Waals surface area contributed by atoms with Crippen LogP contribution in [0.25, 0.3) is 11.3 Å². The third-order valence-corrected chi connectivity index (χ3v) is 2.40. The molecule has 0 atom stereocenters. The summed E-state index contributed by atoms with van der Waals surface area (Å²) in [5.74, 6) is -1.78. The van der Waals surface area contributed by atoms with E-state index in [1.165, 1.54) is 6.07 Å². The lowest BCUT2D eigenvalue weighted by molar-refractivity contribution is 0.509. The summed E-state index contributed by atoms with van der Waals surface area (Å²) < 4.78 is 25.8. The van der Waals surface area contributed by atoms with Crippen LogP contribution in [0, 0.1) is 18.6 Å². The molecule has 0 unspecified atom stereocenters. The van der Waals surface area contributed by atoms with Gasteiger partial charge < -0.3 is 5.73 Å². The predicted octanol–water partition coefficient (Wildman–Crippen LogP) is 2.92. The van der Waals surface area contributed by atoms with E-state index in [-0.39, 0.29) is 0 Å². The van der Waals surface area contributed by atoms with Crippen molar-refractivity contribution in [1.82, 2.24) is 4.98 Å². The summed E-state index contributed by atoms with van der Waals surface area (Å²) in [6, 6.07) is 5.37. The highest BCUT2D eigenvalue weighted by Gasteiger charge is 2.09. The van der Waals surface area contributed by atoms with Crippen LogP contribution in [0.2, 0.25) is 0 Å². The van der Waals surface area contributed by atoms with E-state index in [1.54, 1.807) is 12.3 Å². The molecule has 0 saturated carbocycles. The molecule has 2 nitrogen and oxygen atoms in total. The van der Waals surface area contributed by atoms with Crippen molar-refractivity contribution in [3.05, 3.63) is 47.7 Å². The third kappa shape index (κ3) is 1.74. The average molecular weight is 220 g/mol. The molecule has 1 heterocycles. The first kappa shape index (κ1) is 10.5.